The molecule has 0 saturated carbocycles. The highest BCUT2D eigenvalue weighted by molar-refractivity contribution is 6.08. The predicted molar refractivity (Wildman–Crippen MR) is 107 cm³/mol. The lowest BCUT2D eigenvalue weighted by Crippen LogP contribution is -2.28. The van der Waals surface area contributed by atoms with Gasteiger partial charge in [0.15, 0.2) is 11.5 Å². The average molecular weight is 429 g/mol. The molecule has 0 aliphatic rings. The lowest BCUT2D eigenvalue weighted by atomic mass is 10.2. The number of nitrogens with zero attached hydrogens (tertiary/aromatic N) is 4. The fourth-order valence-electron chi connectivity index (χ4n) is 3.03. The van der Waals surface area contributed by atoms with Gasteiger partial charge in [0.25, 0.3) is 5.91 Å². The van der Waals surface area contributed by atoms with Crippen LogP contribution in [0.3, 0.4) is 0 Å². The van der Waals surface area contributed by atoms with Gasteiger partial charge >= 0.3 is 6.18 Å². The lowest BCUT2D eigenvalue weighted by Gasteiger charge is -2.18. The number of halogens is 4. The van der Waals surface area contributed by atoms with Crippen LogP contribution in [0.4, 0.5) is 34.8 Å². The van der Waals surface area contributed by atoms with Crippen LogP contribution < -0.4 is 10.2 Å². The number of nitrogens with one attached hydrogen (secondary N) is 1. The Hall–Kier alpha value is -3.95. The Morgan fingerprint density at radius 2 is 1.84 bits per heavy atom. The first-order valence-corrected chi connectivity index (χ1v) is 9.05. The van der Waals surface area contributed by atoms with E-state index in [9.17, 15) is 22.4 Å². The minimum atomic E-state index is -4.51. The Kier molecular flexibility index (Phi) is 5.05. The van der Waals surface area contributed by atoms with Crippen LogP contribution in [0, 0.1) is 5.82 Å². The number of amides is 1. The summed E-state index contributed by atoms with van der Waals surface area (Å²) in [6, 6.07) is 11.5. The summed E-state index contributed by atoms with van der Waals surface area (Å²) in [6.45, 7) is 0. The molecular weight excluding hydrogens is 414 g/mol. The van der Waals surface area contributed by atoms with E-state index >= 15 is 0 Å². The van der Waals surface area contributed by atoms with E-state index in [2.05, 4.69) is 15.3 Å². The van der Waals surface area contributed by atoms with Gasteiger partial charge in [-0.2, -0.15) is 18.2 Å². The van der Waals surface area contributed by atoms with Crippen LogP contribution in [0.2, 0.25) is 0 Å². The summed E-state index contributed by atoms with van der Waals surface area (Å²) in [6.07, 6.45) is -1.47. The molecule has 4 aromatic rings. The SMILES string of the molecule is CN(C(=O)c1c(Nc2cccc(C(F)(F)F)c2)nc2ncccn12)c1ccc(F)cc1. The Balaban J connectivity index is 1.76. The smallest absolute Gasteiger partial charge is 0.338 e. The molecular formula is C21H15F4N5O. The van der Waals surface area contributed by atoms with Gasteiger partial charge in [0.2, 0.25) is 5.78 Å². The van der Waals surface area contributed by atoms with Gasteiger partial charge in [0.1, 0.15) is 5.82 Å². The quantitative estimate of drug-likeness (QED) is 0.469. The molecule has 0 aliphatic heterocycles. The summed E-state index contributed by atoms with van der Waals surface area (Å²) >= 11 is 0. The number of rotatable bonds is 4. The van der Waals surface area contributed by atoms with Crippen molar-refractivity contribution in [2.24, 2.45) is 0 Å². The van der Waals surface area contributed by atoms with E-state index in [-0.39, 0.29) is 23.0 Å². The third-order valence-electron chi connectivity index (χ3n) is 4.58. The van der Waals surface area contributed by atoms with Crippen molar-refractivity contribution in [1.82, 2.24) is 14.4 Å². The number of fused-ring (bicyclic) bond motifs is 1. The van der Waals surface area contributed by atoms with E-state index in [1.807, 2.05) is 0 Å². The highest BCUT2D eigenvalue weighted by Gasteiger charge is 2.31. The van der Waals surface area contributed by atoms with E-state index in [1.54, 1.807) is 12.3 Å². The standard InChI is InChI=1S/C21H15F4N5O/c1-29(16-8-6-14(22)7-9-16)19(31)17-18(28-20-26-10-3-11-30(17)20)27-15-5-2-4-13(12-15)21(23,24)25/h2-12,27H,1H3. The maximum Gasteiger partial charge on any atom is 0.416 e. The van der Waals surface area contributed by atoms with E-state index < -0.39 is 23.5 Å². The van der Waals surface area contributed by atoms with Crippen LogP contribution in [0.15, 0.2) is 67.0 Å². The number of benzene rings is 2. The molecule has 0 spiro atoms. The van der Waals surface area contributed by atoms with Crippen LogP contribution in [-0.4, -0.2) is 27.3 Å². The second-order valence-electron chi connectivity index (χ2n) is 6.64. The Bertz CT molecular complexity index is 1250. The van der Waals surface area contributed by atoms with Crippen LogP contribution in [0.1, 0.15) is 16.1 Å². The first kappa shape index (κ1) is 20.3. The van der Waals surface area contributed by atoms with Crippen molar-refractivity contribution in [2.45, 2.75) is 6.18 Å². The molecule has 2 aromatic heterocycles. The lowest BCUT2D eigenvalue weighted by molar-refractivity contribution is -0.137. The van der Waals surface area contributed by atoms with Crippen LogP contribution in [0.25, 0.3) is 5.78 Å². The molecule has 0 atom stereocenters. The number of anilines is 3. The highest BCUT2D eigenvalue weighted by atomic mass is 19.4. The maximum absolute atomic E-state index is 13.3. The van der Waals surface area contributed by atoms with Gasteiger partial charge in [0.05, 0.1) is 5.56 Å². The topological polar surface area (TPSA) is 62.5 Å². The van der Waals surface area contributed by atoms with E-state index in [1.165, 1.54) is 58.9 Å². The van der Waals surface area contributed by atoms with Gasteiger partial charge < -0.3 is 10.2 Å². The van der Waals surface area contributed by atoms with Crippen LogP contribution in [0.5, 0.6) is 0 Å². The first-order chi connectivity index (χ1) is 14.7. The molecule has 2 heterocycles. The molecule has 31 heavy (non-hydrogen) atoms. The number of imidazole rings is 1. The number of hydrogen-bond donors (Lipinski definition) is 1. The van der Waals surface area contributed by atoms with Crippen molar-refractivity contribution in [3.05, 3.63) is 84.1 Å². The fourth-order valence-corrected chi connectivity index (χ4v) is 3.03. The van der Waals surface area contributed by atoms with Gasteiger partial charge in [-0.05, 0) is 48.5 Å². The molecule has 0 bridgehead atoms. The first-order valence-electron chi connectivity index (χ1n) is 9.05. The summed E-state index contributed by atoms with van der Waals surface area (Å²) in [4.78, 5) is 22.9. The summed E-state index contributed by atoms with van der Waals surface area (Å²) in [7, 11) is 1.50. The summed E-state index contributed by atoms with van der Waals surface area (Å²) in [5, 5.41) is 2.79. The second-order valence-corrected chi connectivity index (χ2v) is 6.64. The molecule has 0 aliphatic carbocycles. The van der Waals surface area contributed by atoms with Crippen LogP contribution >= 0.6 is 0 Å². The summed E-state index contributed by atoms with van der Waals surface area (Å²) < 4.78 is 53.8. The van der Waals surface area contributed by atoms with Crippen molar-refractivity contribution in [3.8, 4) is 0 Å². The molecule has 10 heteroatoms. The third kappa shape index (κ3) is 4.04. The summed E-state index contributed by atoms with van der Waals surface area (Å²) in [5.41, 5.74) is -0.241. The molecule has 2 aromatic carbocycles. The van der Waals surface area contributed by atoms with Crippen molar-refractivity contribution < 1.29 is 22.4 Å². The van der Waals surface area contributed by atoms with Crippen LogP contribution in [-0.2, 0) is 6.18 Å². The third-order valence-corrected chi connectivity index (χ3v) is 4.58. The largest absolute Gasteiger partial charge is 0.416 e. The molecule has 158 valence electrons. The Morgan fingerprint density at radius 1 is 1.10 bits per heavy atom. The molecule has 6 nitrogen and oxygen atoms in total. The zero-order valence-corrected chi connectivity index (χ0v) is 16.1. The summed E-state index contributed by atoms with van der Waals surface area (Å²) in [5.74, 6) is -0.734. The van der Waals surface area contributed by atoms with Gasteiger partial charge in [-0.15, -0.1) is 0 Å². The van der Waals surface area contributed by atoms with Gasteiger partial charge in [-0.25, -0.2) is 9.37 Å². The van der Waals surface area contributed by atoms with Crippen molar-refractivity contribution in [1.29, 1.82) is 0 Å². The number of carbonyl (C=O) groups excluding carboxylic acids is 1. The number of hydrogen-bond acceptors (Lipinski definition) is 4. The van der Waals surface area contributed by atoms with Crippen molar-refractivity contribution in [2.75, 3.05) is 17.3 Å². The highest BCUT2D eigenvalue weighted by Crippen LogP contribution is 2.32. The number of alkyl halides is 3. The molecule has 0 radical (unpaired) electrons. The molecule has 1 amide bonds. The average Bonchev–Trinajstić information content (AvgIpc) is 3.10. The van der Waals surface area contributed by atoms with Gasteiger partial charge in [0, 0.05) is 30.8 Å². The molecule has 0 unspecified atom stereocenters. The Labute approximate surface area is 173 Å². The number of aromatic nitrogens is 3. The van der Waals surface area contributed by atoms with Crippen molar-refractivity contribution >= 4 is 28.9 Å². The van der Waals surface area contributed by atoms with E-state index in [4.69, 9.17) is 0 Å². The zero-order valence-electron chi connectivity index (χ0n) is 16.1. The monoisotopic (exact) mass is 429 g/mol. The second kappa shape index (κ2) is 7.71. The molecule has 0 fully saturated rings. The van der Waals surface area contributed by atoms with Gasteiger partial charge in [-0.3, -0.25) is 9.20 Å². The van der Waals surface area contributed by atoms with Crippen molar-refractivity contribution in [3.63, 3.8) is 0 Å². The zero-order chi connectivity index (χ0) is 22.2. The minimum Gasteiger partial charge on any atom is -0.338 e. The van der Waals surface area contributed by atoms with Gasteiger partial charge in [-0.1, -0.05) is 6.07 Å². The Morgan fingerprint density at radius 3 is 2.55 bits per heavy atom. The molecule has 4 rings (SSSR count). The molecule has 1 N–H and O–H groups in total. The minimum absolute atomic E-state index is 0.0389. The van der Waals surface area contributed by atoms with E-state index in [0.29, 0.717) is 5.69 Å². The molecule has 0 saturated heterocycles. The fraction of sp³-hybridized carbons (Fsp3) is 0.0952. The maximum atomic E-state index is 13.3. The number of carbonyl (C=O) groups is 1. The normalized spacial score (nSPS) is 11.5. The van der Waals surface area contributed by atoms with E-state index in [0.717, 1.165) is 12.1 Å². The predicted octanol–water partition coefficient (Wildman–Crippen LogP) is 4.91.